The van der Waals surface area contributed by atoms with E-state index in [1.807, 2.05) is 39.0 Å². The zero-order chi connectivity index (χ0) is 29.2. The number of likely N-dealkylation sites (tertiary alicyclic amines) is 1. The van der Waals surface area contributed by atoms with Crippen molar-refractivity contribution in [3.63, 3.8) is 0 Å². The monoisotopic (exact) mass is 575 g/mol. The molecule has 0 spiro atoms. The zero-order valence-corrected chi connectivity index (χ0v) is 23.7. The average Bonchev–Trinajstić information content (AvgIpc) is 3.34. The van der Waals surface area contributed by atoms with Gasteiger partial charge in [-0.25, -0.2) is 19.2 Å². The van der Waals surface area contributed by atoms with E-state index in [0.29, 0.717) is 28.7 Å². The Hall–Kier alpha value is -4.25. The van der Waals surface area contributed by atoms with Gasteiger partial charge in [0.05, 0.1) is 12.7 Å². The van der Waals surface area contributed by atoms with Gasteiger partial charge in [0.1, 0.15) is 22.7 Å². The molecule has 2 N–H and O–H groups in total. The maximum Gasteiger partial charge on any atom is 0.410 e. The lowest BCUT2D eigenvalue weighted by Crippen LogP contribution is -2.43. The van der Waals surface area contributed by atoms with Gasteiger partial charge in [-0.2, -0.15) is 0 Å². The van der Waals surface area contributed by atoms with Gasteiger partial charge in [0, 0.05) is 29.5 Å². The summed E-state index contributed by atoms with van der Waals surface area (Å²) in [6.07, 6.45) is 0.548. The van der Waals surface area contributed by atoms with E-state index in [1.165, 1.54) is 23.9 Å². The van der Waals surface area contributed by atoms with E-state index in [0.717, 1.165) is 11.8 Å². The molecule has 3 heterocycles. The minimum Gasteiger partial charge on any atom is -0.444 e. The van der Waals surface area contributed by atoms with Crippen LogP contribution in [0, 0.1) is 11.7 Å². The fraction of sp³-hybridized carbons (Fsp3) is 0.300. The maximum atomic E-state index is 13.3. The predicted octanol–water partition coefficient (Wildman–Crippen LogP) is 5.07. The number of aromatic nitrogens is 1. The van der Waals surface area contributed by atoms with Gasteiger partial charge in [-0.15, -0.1) is 0 Å². The molecule has 212 valence electrons. The fourth-order valence-corrected chi connectivity index (χ4v) is 6.00. The third-order valence-corrected chi connectivity index (χ3v) is 7.79. The summed E-state index contributed by atoms with van der Waals surface area (Å²) in [7, 11) is 0. The van der Waals surface area contributed by atoms with Crippen molar-refractivity contribution in [3.8, 4) is 0 Å². The predicted molar refractivity (Wildman–Crippen MR) is 155 cm³/mol. The molecule has 0 unspecified atom stereocenters. The first-order valence-electron chi connectivity index (χ1n) is 13.1. The molecule has 5 rings (SSSR count). The van der Waals surface area contributed by atoms with Crippen molar-refractivity contribution >= 4 is 40.5 Å². The molecule has 0 saturated carbocycles. The first-order valence-corrected chi connectivity index (χ1v) is 14.1. The van der Waals surface area contributed by atoms with Crippen molar-refractivity contribution in [1.82, 2.24) is 15.2 Å². The lowest BCUT2D eigenvalue weighted by molar-refractivity contribution is 0.0282. The van der Waals surface area contributed by atoms with Crippen LogP contribution in [0.2, 0.25) is 0 Å². The molecule has 3 aromatic rings. The van der Waals surface area contributed by atoms with Crippen LogP contribution in [0.5, 0.6) is 0 Å². The summed E-state index contributed by atoms with van der Waals surface area (Å²) in [6, 6.07) is 18.6. The highest BCUT2D eigenvalue weighted by molar-refractivity contribution is 8.13. The number of ether oxygens (including phenoxy) is 1. The van der Waals surface area contributed by atoms with E-state index in [1.54, 1.807) is 41.3 Å². The number of benzene rings is 2. The number of hydrogen-bond acceptors (Lipinski definition) is 7. The first-order chi connectivity index (χ1) is 19.5. The second-order valence-corrected chi connectivity index (χ2v) is 11.9. The number of fused-ring (bicyclic) bond motifs is 1. The Kier molecular flexibility index (Phi) is 7.81. The third-order valence-electron chi connectivity index (χ3n) is 6.76. The summed E-state index contributed by atoms with van der Waals surface area (Å²) in [5, 5.41) is 6.19. The van der Waals surface area contributed by atoms with Crippen LogP contribution < -0.4 is 10.6 Å². The van der Waals surface area contributed by atoms with E-state index >= 15 is 0 Å². The van der Waals surface area contributed by atoms with Gasteiger partial charge in [-0.1, -0.05) is 42.1 Å². The third kappa shape index (κ3) is 6.40. The number of pyridine rings is 1. The van der Waals surface area contributed by atoms with Crippen molar-refractivity contribution in [1.29, 1.82) is 0 Å². The number of nitrogens with one attached hydrogen (secondary N) is 2. The van der Waals surface area contributed by atoms with Gasteiger partial charge in [-0.05, 0) is 62.7 Å². The molecular weight excluding hydrogens is 545 g/mol. The minimum absolute atomic E-state index is 0.0720. The summed E-state index contributed by atoms with van der Waals surface area (Å²) in [4.78, 5) is 49.4. The standard InChI is InChI=1S/C30H30FN5O4S/c1-29(2,3)40-28(39)36-16-21-17-41-27(34-25(37)19-8-5-4-6-9-19)35-30(21,18-36)20-10-7-11-23(14-20)33-26(38)24-13-12-22(31)15-32-24/h4-15,21H,16-18H2,1-3H3,(H,33,38)(H,34,35,37)/t21-,30+/m0/s1. The number of anilines is 1. The van der Waals surface area contributed by atoms with Crippen LogP contribution in [0.3, 0.4) is 0 Å². The number of rotatable bonds is 4. The van der Waals surface area contributed by atoms with Crippen LogP contribution in [-0.2, 0) is 10.3 Å². The minimum atomic E-state index is -0.893. The molecule has 0 radical (unpaired) electrons. The summed E-state index contributed by atoms with van der Waals surface area (Å²) < 4.78 is 18.9. The Bertz CT molecular complexity index is 1490. The quantitative estimate of drug-likeness (QED) is 0.449. The van der Waals surface area contributed by atoms with E-state index in [4.69, 9.17) is 9.73 Å². The molecule has 2 aliphatic rings. The Morgan fingerprint density at radius 2 is 1.80 bits per heavy atom. The number of aliphatic imine (C=N–C) groups is 1. The molecule has 11 heteroatoms. The molecular formula is C30H30FN5O4S. The van der Waals surface area contributed by atoms with E-state index < -0.39 is 29.0 Å². The summed E-state index contributed by atoms with van der Waals surface area (Å²) >= 11 is 1.43. The molecule has 41 heavy (non-hydrogen) atoms. The van der Waals surface area contributed by atoms with Crippen LogP contribution in [0.25, 0.3) is 0 Å². The number of amidine groups is 1. The Labute approximate surface area is 241 Å². The normalized spacial score (nSPS) is 20.0. The van der Waals surface area contributed by atoms with Crippen LogP contribution in [0.4, 0.5) is 14.9 Å². The second kappa shape index (κ2) is 11.3. The van der Waals surface area contributed by atoms with Gasteiger partial charge in [-0.3, -0.25) is 9.59 Å². The van der Waals surface area contributed by atoms with Crippen molar-refractivity contribution in [2.75, 3.05) is 24.2 Å². The highest BCUT2D eigenvalue weighted by atomic mass is 32.2. The van der Waals surface area contributed by atoms with Gasteiger partial charge in [0.2, 0.25) is 0 Å². The molecule has 2 aliphatic heterocycles. The van der Waals surface area contributed by atoms with E-state index in [9.17, 15) is 18.8 Å². The number of nitrogens with zero attached hydrogens (tertiary/aromatic N) is 3. The van der Waals surface area contributed by atoms with Gasteiger partial charge in [0.15, 0.2) is 5.17 Å². The topological polar surface area (TPSA) is 113 Å². The molecule has 2 atom stereocenters. The van der Waals surface area contributed by atoms with Crippen molar-refractivity contribution < 1.29 is 23.5 Å². The molecule has 0 aliphatic carbocycles. The molecule has 9 nitrogen and oxygen atoms in total. The number of amides is 3. The Morgan fingerprint density at radius 3 is 2.51 bits per heavy atom. The van der Waals surface area contributed by atoms with E-state index in [-0.39, 0.29) is 24.1 Å². The molecule has 3 amide bonds. The molecule has 1 saturated heterocycles. The average molecular weight is 576 g/mol. The molecule has 1 fully saturated rings. The Morgan fingerprint density at radius 1 is 1.02 bits per heavy atom. The lowest BCUT2D eigenvalue weighted by Gasteiger charge is -2.35. The van der Waals surface area contributed by atoms with Crippen LogP contribution >= 0.6 is 11.8 Å². The molecule has 2 aromatic carbocycles. The van der Waals surface area contributed by atoms with Gasteiger partial charge >= 0.3 is 6.09 Å². The fourth-order valence-electron chi connectivity index (χ4n) is 4.86. The number of carbonyl (C=O) groups is 3. The number of hydrogen-bond donors (Lipinski definition) is 2. The highest BCUT2D eigenvalue weighted by Crippen LogP contribution is 2.46. The van der Waals surface area contributed by atoms with Crippen LogP contribution in [0.1, 0.15) is 47.2 Å². The van der Waals surface area contributed by atoms with Crippen LogP contribution in [0.15, 0.2) is 77.9 Å². The number of halogens is 1. The smallest absolute Gasteiger partial charge is 0.410 e. The largest absolute Gasteiger partial charge is 0.444 e. The maximum absolute atomic E-state index is 13.3. The van der Waals surface area contributed by atoms with Crippen molar-refractivity contribution in [2.24, 2.45) is 10.9 Å². The summed E-state index contributed by atoms with van der Waals surface area (Å²) in [6.45, 7) is 6.10. The SMILES string of the molecule is CC(C)(C)OC(=O)N1C[C@H]2CSC(NC(=O)c3ccccc3)=N[C@@]2(c2cccc(NC(=O)c3ccc(F)cn3)c2)C1. The van der Waals surface area contributed by atoms with Crippen LogP contribution in [-0.4, -0.2) is 57.4 Å². The molecule has 1 aromatic heterocycles. The lowest BCUT2D eigenvalue weighted by atomic mass is 9.81. The molecule has 0 bridgehead atoms. The van der Waals surface area contributed by atoms with Gasteiger partial charge in [0.25, 0.3) is 11.8 Å². The number of thioether (sulfide) groups is 1. The summed E-state index contributed by atoms with van der Waals surface area (Å²) in [5.41, 5.74) is 0.284. The van der Waals surface area contributed by atoms with Crippen molar-refractivity contribution in [2.45, 2.75) is 31.9 Å². The second-order valence-electron chi connectivity index (χ2n) is 10.9. The van der Waals surface area contributed by atoms with Gasteiger partial charge < -0.3 is 20.3 Å². The zero-order valence-electron chi connectivity index (χ0n) is 22.9. The summed E-state index contributed by atoms with van der Waals surface area (Å²) in [5.74, 6) is -0.782. The Balaban J connectivity index is 1.47. The van der Waals surface area contributed by atoms with E-state index in [2.05, 4.69) is 15.6 Å². The first kappa shape index (κ1) is 28.3. The number of carbonyl (C=O) groups excluding carboxylic acids is 3. The highest BCUT2D eigenvalue weighted by Gasteiger charge is 2.52. The van der Waals surface area contributed by atoms with Crippen molar-refractivity contribution in [3.05, 3.63) is 95.6 Å².